The van der Waals surface area contributed by atoms with Gasteiger partial charge in [-0.15, -0.1) is 0 Å². The fourth-order valence-electron chi connectivity index (χ4n) is 2.58. The predicted octanol–water partition coefficient (Wildman–Crippen LogP) is 3.38. The fraction of sp³-hybridized carbons (Fsp3) is 0.533. The zero-order valence-electron chi connectivity index (χ0n) is 11.2. The van der Waals surface area contributed by atoms with Crippen molar-refractivity contribution in [3.8, 4) is 5.75 Å². The molecule has 0 bridgehead atoms. The molecule has 2 unspecified atom stereocenters. The lowest BCUT2D eigenvalue weighted by atomic mass is 9.89. The molecule has 0 spiro atoms. The number of benzene rings is 1. The number of aromatic hydroxyl groups is 1. The van der Waals surface area contributed by atoms with Gasteiger partial charge in [-0.1, -0.05) is 34.8 Å². The van der Waals surface area contributed by atoms with E-state index in [1.165, 1.54) is 19.3 Å². The summed E-state index contributed by atoms with van der Waals surface area (Å²) >= 11 is 3.70. The summed E-state index contributed by atoms with van der Waals surface area (Å²) in [6, 6.07) is 5.05. The molecule has 0 aliphatic heterocycles. The third kappa shape index (κ3) is 3.50. The standard InChI is InChI=1S/C15H20BrNO2/c1-10-12(6-4-8-14(10)18)15(19)17-9-11-5-2-3-7-13(11)16/h4,6,8,11,13,18H,2-3,5,7,9H2,1H3,(H,17,19). The predicted molar refractivity (Wildman–Crippen MR) is 79.9 cm³/mol. The van der Waals surface area contributed by atoms with Gasteiger partial charge in [-0.05, 0) is 37.8 Å². The average molecular weight is 326 g/mol. The second-order valence-corrected chi connectivity index (χ2v) is 6.40. The molecule has 1 aromatic carbocycles. The zero-order chi connectivity index (χ0) is 13.8. The van der Waals surface area contributed by atoms with Gasteiger partial charge in [-0.2, -0.15) is 0 Å². The van der Waals surface area contributed by atoms with Crippen LogP contribution in [0.25, 0.3) is 0 Å². The number of amides is 1. The zero-order valence-corrected chi connectivity index (χ0v) is 12.7. The Morgan fingerprint density at radius 3 is 2.89 bits per heavy atom. The molecule has 2 N–H and O–H groups in total. The number of hydrogen-bond acceptors (Lipinski definition) is 2. The van der Waals surface area contributed by atoms with Gasteiger partial charge in [0.05, 0.1) is 0 Å². The smallest absolute Gasteiger partial charge is 0.251 e. The number of phenolic OH excluding ortho intramolecular Hbond substituents is 1. The van der Waals surface area contributed by atoms with Crippen molar-refractivity contribution < 1.29 is 9.90 Å². The number of carbonyl (C=O) groups is 1. The second kappa shape index (κ2) is 6.42. The quantitative estimate of drug-likeness (QED) is 0.837. The number of carbonyl (C=O) groups excluding carboxylic acids is 1. The van der Waals surface area contributed by atoms with Gasteiger partial charge in [0.2, 0.25) is 0 Å². The summed E-state index contributed by atoms with van der Waals surface area (Å²) in [5.41, 5.74) is 1.20. The van der Waals surface area contributed by atoms with Crippen molar-refractivity contribution in [3.05, 3.63) is 29.3 Å². The van der Waals surface area contributed by atoms with Crippen LogP contribution in [-0.4, -0.2) is 22.4 Å². The third-order valence-electron chi connectivity index (χ3n) is 3.89. The summed E-state index contributed by atoms with van der Waals surface area (Å²) in [6.07, 6.45) is 4.86. The van der Waals surface area contributed by atoms with Crippen LogP contribution in [0.5, 0.6) is 5.75 Å². The van der Waals surface area contributed by atoms with Gasteiger partial charge in [0.15, 0.2) is 0 Å². The topological polar surface area (TPSA) is 49.3 Å². The van der Waals surface area contributed by atoms with E-state index in [9.17, 15) is 9.90 Å². The molecule has 1 aliphatic rings. The summed E-state index contributed by atoms with van der Waals surface area (Å²) in [5.74, 6) is 0.581. The van der Waals surface area contributed by atoms with Crippen LogP contribution in [-0.2, 0) is 0 Å². The van der Waals surface area contributed by atoms with Crippen LogP contribution >= 0.6 is 15.9 Å². The van der Waals surface area contributed by atoms with Crippen molar-refractivity contribution in [2.45, 2.75) is 37.4 Å². The molecule has 0 aromatic heterocycles. The molecule has 1 saturated carbocycles. The Kier molecular flexibility index (Phi) is 4.86. The maximum Gasteiger partial charge on any atom is 0.251 e. The first-order valence-electron chi connectivity index (χ1n) is 6.80. The van der Waals surface area contributed by atoms with Crippen LogP contribution < -0.4 is 5.32 Å². The van der Waals surface area contributed by atoms with Crippen molar-refractivity contribution >= 4 is 21.8 Å². The minimum absolute atomic E-state index is 0.0985. The highest BCUT2D eigenvalue weighted by molar-refractivity contribution is 9.09. The molecular weight excluding hydrogens is 306 g/mol. The molecule has 0 radical (unpaired) electrons. The van der Waals surface area contributed by atoms with Crippen molar-refractivity contribution in [2.24, 2.45) is 5.92 Å². The second-order valence-electron chi connectivity index (χ2n) is 5.22. The summed E-state index contributed by atoms with van der Waals surface area (Å²) in [5, 5.41) is 12.6. The lowest BCUT2D eigenvalue weighted by Crippen LogP contribution is -2.34. The van der Waals surface area contributed by atoms with E-state index in [0.29, 0.717) is 28.4 Å². The largest absolute Gasteiger partial charge is 0.508 e. The molecule has 104 valence electrons. The molecule has 2 atom stereocenters. The lowest BCUT2D eigenvalue weighted by Gasteiger charge is -2.27. The number of alkyl halides is 1. The van der Waals surface area contributed by atoms with Gasteiger partial charge in [-0.3, -0.25) is 4.79 Å². The molecule has 1 aliphatic carbocycles. The van der Waals surface area contributed by atoms with Gasteiger partial charge >= 0.3 is 0 Å². The number of phenols is 1. The Bertz CT molecular complexity index is 461. The average Bonchev–Trinajstić information content (AvgIpc) is 2.40. The van der Waals surface area contributed by atoms with E-state index in [1.807, 2.05) is 0 Å². The van der Waals surface area contributed by atoms with Crippen molar-refractivity contribution in [1.82, 2.24) is 5.32 Å². The Hall–Kier alpha value is -1.03. The Morgan fingerprint density at radius 1 is 1.42 bits per heavy atom. The number of rotatable bonds is 3. The highest BCUT2D eigenvalue weighted by atomic mass is 79.9. The molecule has 19 heavy (non-hydrogen) atoms. The normalized spacial score (nSPS) is 23.1. The van der Waals surface area contributed by atoms with Gasteiger partial charge in [0.1, 0.15) is 5.75 Å². The Balaban J connectivity index is 1.95. The van der Waals surface area contributed by atoms with Gasteiger partial charge in [0, 0.05) is 22.5 Å². The molecule has 1 aromatic rings. The van der Waals surface area contributed by atoms with Crippen LogP contribution in [0.1, 0.15) is 41.6 Å². The fourth-order valence-corrected chi connectivity index (χ4v) is 3.36. The van der Waals surface area contributed by atoms with Gasteiger partial charge < -0.3 is 10.4 Å². The maximum atomic E-state index is 12.1. The van der Waals surface area contributed by atoms with Crippen molar-refractivity contribution in [1.29, 1.82) is 0 Å². The van der Waals surface area contributed by atoms with E-state index in [4.69, 9.17) is 0 Å². The molecular formula is C15H20BrNO2. The van der Waals surface area contributed by atoms with E-state index in [2.05, 4.69) is 21.2 Å². The van der Waals surface area contributed by atoms with Crippen LogP contribution in [0.3, 0.4) is 0 Å². The first-order valence-corrected chi connectivity index (χ1v) is 7.72. The number of hydrogen-bond donors (Lipinski definition) is 2. The molecule has 2 rings (SSSR count). The molecule has 0 heterocycles. The minimum Gasteiger partial charge on any atom is -0.508 e. The monoisotopic (exact) mass is 325 g/mol. The van der Waals surface area contributed by atoms with Crippen LogP contribution in [0.2, 0.25) is 0 Å². The van der Waals surface area contributed by atoms with Crippen LogP contribution in [0.15, 0.2) is 18.2 Å². The van der Waals surface area contributed by atoms with E-state index >= 15 is 0 Å². The molecule has 3 nitrogen and oxygen atoms in total. The summed E-state index contributed by atoms with van der Waals surface area (Å²) in [7, 11) is 0. The van der Waals surface area contributed by atoms with Crippen molar-refractivity contribution in [3.63, 3.8) is 0 Å². The SMILES string of the molecule is Cc1c(O)cccc1C(=O)NCC1CCCCC1Br. The molecule has 4 heteroatoms. The number of halogens is 1. The minimum atomic E-state index is -0.0985. The van der Waals surface area contributed by atoms with Crippen molar-refractivity contribution in [2.75, 3.05) is 6.54 Å². The summed E-state index contributed by atoms with van der Waals surface area (Å²) < 4.78 is 0. The molecule has 1 amide bonds. The van der Waals surface area contributed by atoms with Crippen LogP contribution in [0, 0.1) is 12.8 Å². The first-order chi connectivity index (χ1) is 9.09. The maximum absolute atomic E-state index is 12.1. The lowest BCUT2D eigenvalue weighted by molar-refractivity contribution is 0.0943. The van der Waals surface area contributed by atoms with E-state index in [-0.39, 0.29) is 11.7 Å². The van der Waals surface area contributed by atoms with E-state index < -0.39 is 0 Å². The summed E-state index contributed by atoms with van der Waals surface area (Å²) in [4.78, 5) is 12.6. The Labute approximate surface area is 122 Å². The van der Waals surface area contributed by atoms with Crippen LogP contribution in [0.4, 0.5) is 0 Å². The van der Waals surface area contributed by atoms with E-state index in [1.54, 1.807) is 25.1 Å². The third-order valence-corrected chi connectivity index (χ3v) is 5.10. The highest BCUT2D eigenvalue weighted by Gasteiger charge is 2.23. The molecule has 0 saturated heterocycles. The highest BCUT2D eigenvalue weighted by Crippen LogP contribution is 2.29. The Morgan fingerprint density at radius 2 is 2.16 bits per heavy atom. The number of nitrogens with one attached hydrogen (secondary N) is 1. The first kappa shape index (κ1) is 14.4. The van der Waals surface area contributed by atoms with E-state index in [0.717, 1.165) is 6.42 Å². The van der Waals surface area contributed by atoms with Gasteiger partial charge in [0.25, 0.3) is 5.91 Å². The summed E-state index contributed by atoms with van der Waals surface area (Å²) in [6.45, 7) is 2.46. The van der Waals surface area contributed by atoms with Gasteiger partial charge in [-0.25, -0.2) is 0 Å². The molecule has 1 fully saturated rings.